The maximum Gasteiger partial charge on any atom is 0.260 e. The van der Waals surface area contributed by atoms with Gasteiger partial charge in [0.05, 0.1) is 5.52 Å². The van der Waals surface area contributed by atoms with E-state index in [9.17, 15) is 9.59 Å². The molecule has 2 aromatic carbocycles. The summed E-state index contributed by atoms with van der Waals surface area (Å²) in [6.07, 6.45) is 7.07. The lowest BCUT2D eigenvalue weighted by Crippen LogP contribution is -2.43. The molecule has 0 radical (unpaired) electrons. The minimum Gasteiger partial charge on any atom is -0.454 e. The number of hydrogen-bond donors (Lipinski definition) is 3. The number of pyridine rings is 2. The summed E-state index contributed by atoms with van der Waals surface area (Å²) in [5, 5.41) is 7.92. The molecule has 0 saturated heterocycles. The fourth-order valence-electron chi connectivity index (χ4n) is 5.18. The molecule has 37 heavy (non-hydrogen) atoms. The highest BCUT2D eigenvalue weighted by Crippen LogP contribution is 2.35. The molecule has 6 rings (SSSR count). The summed E-state index contributed by atoms with van der Waals surface area (Å²) in [6, 6.07) is 17.9. The van der Waals surface area contributed by atoms with Crippen molar-refractivity contribution in [1.82, 2.24) is 20.6 Å². The number of aromatic amines is 1. The Morgan fingerprint density at radius 1 is 0.946 bits per heavy atom. The highest BCUT2D eigenvalue weighted by atomic mass is 16.7. The zero-order valence-corrected chi connectivity index (χ0v) is 20.3. The van der Waals surface area contributed by atoms with Crippen molar-refractivity contribution in [3.63, 3.8) is 0 Å². The maximum atomic E-state index is 13.0. The monoisotopic (exact) mass is 496 g/mol. The number of hydrogen-bond acceptors (Lipinski definition) is 6. The highest BCUT2D eigenvalue weighted by Gasteiger charge is 2.24. The van der Waals surface area contributed by atoms with Gasteiger partial charge >= 0.3 is 0 Å². The van der Waals surface area contributed by atoms with Gasteiger partial charge in [-0.1, -0.05) is 24.3 Å². The third kappa shape index (κ3) is 4.93. The molecule has 3 N–H and O–H groups in total. The number of aromatic nitrogens is 2. The van der Waals surface area contributed by atoms with Crippen LogP contribution in [0.1, 0.15) is 41.6 Å². The number of nitrogens with one attached hydrogen (secondary N) is 3. The molecule has 3 heterocycles. The van der Waals surface area contributed by atoms with Crippen LogP contribution in [0.4, 0.5) is 0 Å². The number of benzene rings is 2. The molecular formula is C29H28N4O4. The van der Waals surface area contributed by atoms with Crippen LogP contribution in [0, 0.1) is 0 Å². The van der Waals surface area contributed by atoms with Gasteiger partial charge in [-0.2, -0.15) is 0 Å². The molecule has 1 amide bonds. The van der Waals surface area contributed by atoms with E-state index in [1.54, 1.807) is 12.3 Å². The molecule has 0 atom stereocenters. The molecule has 1 aliphatic carbocycles. The smallest absolute Gasteiger partial charge is 0.260 e. The van der Waals surface area contributed by atoms with Crippen molar-refractivity contribution in [1.29, 1.82) is 0 Å². The summed E-state index contributed by atoms with van der Waals surface area (Å²) in [5.74, 6) is 0.992. The average Bonchev–Trinajstić information content (AvgIpc) is 3.41. The molecule has 1 saturated carbocycles. The molecule has 2 aromatic heterocycles. The van der Waals surface area contributed by atoms with Gasteiger partial charge in [0, 0.05) is 36.4 Å². The molecule has 0 bridgehead atoms. The van der Waals surface area contributed by atoms with Crippen LogP contribution in [0.15, 0.2) is 71.8 Å². The third-order valence-electron chi connectivity index (χ3n) is 7.23. The standard InChI is InChI=1S/C29H28N4O4/c34-28-24(13-20(16-32-28)18-6-11-26-27(14-18)37-17-36-26)29(35)33-22-9-7-21(8-10-22)31-15-19-3-1-5-25-23(19)4-2-12-30-25/h1-6,11-14,16,21-22,31H,7-10,15,17H2,(H,32,34)(H,33,35). The van der Waals surface area contributed by atoms with Crippen LogP contribution in [0.3, 0.4) is 0 Å². The first-order valence-corrected chi connectivity index (χ1v) is 12.6. The topological polar surface area (TPSA) is 105 Å². The quantitative estimate of drug-likeness (QED) is 0.370. The van der Waals surface area contributed by atoms with Crippen LogP contribution >= 0.6 is 0 Å². The first-order chi connectivity index (χ1) is 18.1. The molecule has 0 unspecified atom stereocenters. The molecule has 4 aromatic rings. The highest BCUT2D eigenvalue weighted by molar-refractivity contribution is 5.95. The van der Waals surface area contributed by atoms with E-state index in [2.05, 4.69) is 32.7 Å². The van der Waals surface area contributed by atoms with Gasteiger partial charge in [-0.25, -0.2) is 0 Å². The molecule has 1 aliphatic heterocycles. The summed E-state index contributed by atoms with van der Waals surface area (Å²) in [4.78, 5) is 32.6. The van der Waals surface area contributed by atoms with Crippen LogP contribution in [-0.2, 0) is 6.54 Å². The van der Waals surface area contributed by atoms with E-state index in [1.807, 2.05) is 42.6 Å². The first kappa shape index (κ1) is 23.2. The average molecular weight is 497 g/mol. The van der Waals surface area contributed by atoms with Crippen molar-refractivity contribution in [3.8, 4) is 22.6 Å². The van der Waals surface area contributed by atoms with Crippen molar-refractivity contribution in [3.05, 3.63) is 88.5 Å². The minimum absolute atomic E-state index is 0.0425. The van der Waals surface area contributed by atoms with Crippen molar-refractivity contribution in [2.75, 3.05) is 6.79 Å². The molecule has 188 valence electrons. The van der Waals surface area contributed by atoms with E-state index in [-0.39, 0.29) is 24.3 Å². The van der Waals surface area contributed by atoms with Crippen molar-refractivity contribution >= 4 is 16.8 Å². The van der Waals surface area contributed by atoms with E-state index in [0.717, 1.165) is 48.9 Å². The van der Waals surface area contributed by atoms with Gasteiger partial charge in [0.2, 0.25) is 6.79 Å². The molecule has 0 spiro atoms. The lowest BCUT2D eigenvalue weighted by Gasteiger charge is -2.30. The fourth-order valence-corrected chi connectivity index (χ4v) is 5.18. The van der Waals surface area contributed by atoms with Crippen LogP contribution in [0.5, 0.6) is 11.5 Å². The second kappa shape index (κ2) is 10.1. The number of fused-ring (bicyclic) bond motifs is 2. The minimum atomic E-state index is -0.401. The number of carbonyl (C=O) groups is 1. The Morgan fingerprint density at radius 2 is 1.78 bits per heavy atom. The molecule has 8 nitrogen and oxygen atoms in total. The summed E-state index contributed by atoms with van der Waals surface area (Å²) in [6.45, 7) is 0.975. The predicted octanol–water partition coefficient (Wildman–Crippen LogP) is 4.15. The van der Waals surface area contributed by atoms with Crippen LogP contribution in [0.25, 0.3) is 22.0 Å². The Bertz CT molecular complexity index is 1500. The van der Waals surface area contributed by atoms with E-state index < -0.39 is 5.56 Å². The van der Waals surface area contributed by atoms with Gasteiger partial charge in [0.1, 0.15) is 5.56 Å². The van der Waals surface area contributed by atoms with E-state index in [0.29, 0.717) is 17.5 Å². The Labute approximate surface area is 214 Å². The first-order valence-electron chi connectivity index (χ1n) is 12.6. The van der Waals surface area contributed by atoms with Crippen molar-refractivity contribution in [2.24, 2.45) is 0 Å². The number of rotatable bonds is 6. The van der Waals surface area contributed by atoms with E-state index >= 15 is 0 Å². The van der Waals surface area contributed by atoms with Crippen LogP contribution in [0.2, 0.25) is 0 Å². The van der Waals surface area contributed by atoms with Crippen molar-refractivity contribution in [2.45, 2.75) is 44.3 Å². The summed E-state index contributed by atoms with van der Waals surface area (Å²) >= 11 is 0. The molecule has 1 fully saturated rings. The van der Waals surface area contributed by atoms with Gasteiger partial charge in [-0.15, -0.1) is 0 Å². The van der Waals surface area contributed by atoms with Gasteiger partial charge in [0.25, 0.3) is 11.5 Å². The lowest BCUT2D eigenvalue weighted by atomic mass is 9.90. The van der Waals surface area contributed by atoms with E-state index in [1.165, 1.54) is 10.9 Å². The zero-order valence-electron chi connectivity index (χ0n) is 20.3. The van der Waals surface area contributed by atoms with Crippen LogP contribution in [-0.4, -0.2) is 34.8 Å². The van der Waals surface area contributed by atoms with Crippen LogP contribution < -0.4 is 25.7 Å². The number of ether oxygens (including phenoxy) is 2. The second-order valence-corrected chi connectivity index (χ2v) is 9.59. The summed E-state index contributed by atoms with van der Waals surface area (Å²) in [7, 11) is 0. The van der Waals surface area contributed by atoms with Gasteiger partial charge in [0.15, 0.2) is 11.5 Å². The normalized spacial score (nSPS) is 18.6. The summed E-state index contributed by atoms with van der Waals surface area (Å²) in [5.41, 5.74) is 3.53. The predicted molar refractivity (Wildman–Crippen MR) is 141 cm³/mol. The number of carbonyl (C=O) groups excluding carboxylic acids is 1. The largest absolute Gasteiger partial charge is 0.454 e. The Morgan fingerprint density at radius 3 is 2.68 bits per heavy atom. The van der Waals surface area contributed by atoms with E-state index in [4.69, 9.17) is 9.47 Å². The Kier molecular flexibility index (Phi) is 6.32. The lowest BCUT2D eigenvalue weighted by molar-refractivity contribution is 0.0922. The Hall–Kier alpha value is -4.17. The van der Waals surface area contributed by atoms with Gasteiger partial charge < -0.3 is 25.1 Å². The second-order valence-electron chi connectivity index (χ2n) is 9.59. The number of nitrogens with zero attached hydrogens (tertiary/aromatic N) is 1. The van der Waals surface area contributed by atoms with Gasteiger partial charge in [-0.05, 0) is 72.7 Å². The number of amides is 1. The SMILES string of the molecule is O=C(NC1CCC(NCc2cccc3ncccc23)CC1)c1cc(-c2ccc3c(c2)OCO3)c[nH]c1=O. The molecule has 8 heteroatoms. The summed E-state index contributed by atoms with van der Waals surface area (Å²) < 4.78 is 10.8. The van der Waals surface area contributed by atoms with Crippen molar-refractivity contribution < 1.29 is 14.3 Å². The Balaban J connectivity index is 1.06. The fraction of sp³-hybridized carbons (Fsp3) is 0.276. The van der Waals surface area contributed by atoms with Gasteiger partial charge in [-0.3, -0.25) is 14.6 Å². The number of H-pyrrole nitrogens is 1. The molecular weight excluding hydrogens is 468 g/mol. The zero-order chi connectivity index (χ0) is 25.2. The maximum absolute atomic E-state index is 13.0. The molecule has 2 aliphatic rings. The third-order valence-corrected chi connectivity index (χ3v) is 7.23.